The van der Waals surface area contributed by atoms with Crippen molar-refractivity contribution in [1.82, 2.24) is 25.6 Å². The maximum atomic E-state index is 12.9. The van der Waals surface area contributed by atoms with E-state index in [1.54, 1.807) is 18.5 Å². The first-order valence-electron chi connectivity index (χ1n) is 9.01. The largest absolute Gasteiger partial charge is 0.356 e. The number of H-pyrrole nitrogens is 1. The Hall–Kier alpha value is -3.16. The second-order valence-electron chi connectivity index (χ2n) is 6.65. The summed E-state index contributed by atoms with van der Waals surface area (Å²) in [6.45, 7) is 2.01. The normalized spacial score (nSPS) is 15.1. The summed E-state index contributed by atoms with van der Waals surface area (Å²) in [6.07, 6.45) is 5.13. The molecule has 1 aromatic carbocycles. The van der Waals surface area contributed by atoms with Gasteiger partial charge >= 0.3 is 6.03 Å². The van der Waals surface area contributed by atoms with Gasteiger partial charge in [-0.25, -0.2) is 19.2 Å². The van der Waals surface area contributed by atoms with E-state index in [1.165, 1.54) is 12.1 Å². The zero-order valence-corrected chi connectivity index (χ0v) is 14.8. The molecule has 0 spiro atoms. The molecule has 3 aromatic rings. The van der Waals surface area contributed by atoms with Gasteiger partial charge in [0.2, 0.25) is 0 Å². The number of aromatic nitrogens is 3. The molecule has 2 aromatic heterocycles. The first-order chi connectivity index (χ1) is 13.2. The molecule has 0 aliphatic carbocycles. The Balaban J connectivity index is 1.27. The quantitative estimate of drug-likeness (QED) is 0.661. The van der Waals surface area contributed by atoms with E-state index in [0.29, 0.717) is 6.54 Å². The number of amides is 2. The van der Waals surface area contributed by atoms with E-state index in [-0.39, 0.29) is 17.9 Å². The van der Waals surface area contributed by atoms with Gasteiger partial charge in [0.1, 0.15) is 23.6 Å². The number of urea groups is 1. The van der Waals surface area contributed by atoms with Crippen LogP contribution in [0.2, 0.25) is 0 Å². The summed E-state index contributed by atoms with van der Waals surface area (Å²) in [6, 6.07) is 8.01. The highest BCUT2D eigenvalue weighted by atomic mass is 19.1. The van der Waals surface area contributed by atoms with Crippen molar-refractivity contribution in [3.05, 3.63) is 54.2 Å². The molecule has 0 saturated carbocycles. The minimum absolute atomic E-state index is 0.123. The summed E-state index contributed by atoms with van der Waals surface area (Å²) in [5, 5.41) is 6.85. The van der Waals surface area contributed by atoms with Crippen molar-refractivity contribution in [3.8, 4) is 0 Å². The molecule has 3 heterocycles. The molecule has 1 fully saturated rings. The number of hydrogen-bond acceptors (Lipinski definition) is 4. The van der Waals surface area contributed by atoms with Gasteiger partial charge in [-0.05, 0) is 36.6 Å². The molecule has 1 saturated heterocycles. The minimum atomic E-state index is -0.282. The van der Waals surface area contributed by atoms with Crippen molar-refractivity contribution < 1.29 is 9.18 Å². The van der Waals surface area contributed by atoms with Crippen LogP contribution in [-0.2, 0) is 6.54 Å². The first kappa shape index (κ1) is 17.3. The molecule has 27 heavy (non-hydrogen) atoms. The number of aromatic amines is 1. The molecule has 1 aliphatic heterocycles. The van der Waals surface area contributed by atoms with Crippen LogP contribution in [0.25, 0.3) is 11.0 Å². The van der Waals surface area contributed by atoms with Gasteiger partial charge in [0.15, 0.2) is 0 Å². The molecule has 4 rings (SSSR count). The lowest BCUT2D eigenvalue weighted by atomic mass is 10.1. The van der Waals surface area contributed by atoms with Crippen LogP contribution in [0.15, 0.2) is 42.9 Å². The van der Waals surface area contributed by atoms with Crippen molar-refractivity contribution in [2.45, 2.75) is 25.4 Å². The van der Waals surface area contributed by atoms with Crippen molar-refractivity contribution in [3.63, 3.8) is 0 Å². The van der Waals surface area contributed by atoms with Gasteiger partial charge in [-0.15, -0.1) is 0 Å². The smallest absolute Gasteiger partial charge is 0.315 e. The third-order valence-corrected chi connectivity index (χ3v) is 4.83. The average molecular weight is 368 g/mol. The van der Waals surface area contributed by atoms with E-state index in [0.717, 1.165) is 48.3 Å². The number of benzene rings is 1. The first-order valence-corrected chi connectivity index (χ1v) is 9.01. The highest BCUT2D eigenvalue weighted by Crippen LogP contribution is 2.24. The summed E-state index contributed by atoms with van der Waals surface area (Å²) in [5.41, 5.74) is 1.70. The highest BCUT2D eigenvalue weighted by molar-refractivity contribution is 5.87. The molecule has 0 unspecified atom stereocenters. The molecule has 3 N–H and O–H groups in total. The SMILES string of the molecule is O=C(NCc1ccc(F)cc1)NC1CCN(c2ncnc3[nH]ccc23)CC1. The fourth-order valence-corrected chi connectivity index (χ4v) is 3.37. The fourth-order valence-electron chi connectivity index (χ4n) is 3.37. The molecule has 0 radical (unpaired) electrons. The Kier molecular flexibility index (Phi) is 4.86. The van der Waals surface area contributed by atoms with Crippen LogP contribution in [0.3, 0.4) is 0 Å². The van der Waals surface area contributed by atoms with Crippen LogP contribution in [0.1, 0.15) is 18.4 Å². The number of nitrogens with zero attached hydrogens (tertiary/aromatic N) is 3. The Bertz CT molecular complexity index is 917. The van der Waals surface area contributed by atoms with Gasteiger partial charge in [-0.2, -0.15) is 0 Å². The number of anilines is 1. The Morgan fingerprint density at radius 3 is 2.74 bits per heavy atom. The number of halogens is 1. The van der Waals surface area contributed by atoms with Crippen molar-refractivity contribution in [2.75, 3.05) is 18.0 Å². The topological polar surface area (TPSA) is 85.9 Å². The molecule has 7 nitrogen and oxygen atoms in total. The molecular weight excluding hydrogens is 347 g/mol. The van der Waals surface area contributed by atoms with E-state index >= 15 is 0 Å². The second kappa shape index (κ2) is 7.61. The van der Waals surface area contributed by atoms with Crippen LogP contribution >= 0.6 is 0 Å². The van der Waals surface area contributed by atoms with E-state index < -0.39 is 0 Å². The van der Waals surface area contributed by atoms with Crippen LogP contribution < -0.4 is 15.5 Å². The van der Waals surface area contributed by atoms with E-state index in [4.69, 9.17) is 0 Å². The maximum Gasteiger partial charge on any atom is 0.315 e. The van der Waals surface area contributed by atoms with E-state index in [1.807, 2.05) is 12.3 Å². The standard InChI is InChI=1S/C19H21FN6O/c20-14-3-1-13(2-4-14)11-22-19(27)25-15-6-9-26(10-7-15)18-16-5-8-21-17(16)23-12-24-18/h1-5,8,12,15H,6-7,9-11H2,(H,21,23,24)(H2,22,25,27). The number of nitrogens with one attached hydrogen (secondary N) is 3. The molecule has 0 bridgehead atoms. The van der Waals surface area contributed by atoms with Gasteiger partial charge in [0.25, 0.3) is 0 Å². The van der Waals surface area contributed by atoms with E-state index in [9.17, 15) is 9.18 Å². The predicted octanol–water partition coefficient (Wildman–Crippen LogP) is 2.57. The summed E-state index contributed by atoms with van der Waals surface area (Å²) in [5.74, 6) is 0.649. The zero-order chi connectivity index (χ0) is 18.6. The number of fused-ring (bicyclic) bond motifs is 1. The minimum Gasteiger partial charge on any atom is -0.356 e. The van der Waals surface area contributed by atoms with Gasteiger partial charge in [-0.3, -0.25) is 0 Å². The lowest BCUT2D eigenvalue weighted by Gasteiger charge is -2.33. The summed E-state index contributed by atoms with van der Waals surface area (Å²) < 4.78 is 12.9. The van der Waals surface area contributed by atoms with Crippen LogP contribution in [0, 0.1) is 5.82 Å². The summed E-state index contributed by atoms with van der Waals surface area (Å²) in [4.78, 5) is 26.1. The average Bonchev–Trinajstić information content (AvgIpc) is 3.17. The summed E-state index contributed by atoms with van der Waals surface area (Å²) in [7, 11) is 0. The lowest BCUT2D eigenvalue weighted by Crippen LogP contribution is -2.48. The molecule has 140 valence electrons. The Morgan fingerprint density at radius 2 is 1.96 bits per heavy atom. The van der Waals surface area contributed by atoms with Gasteiger partial charge in [0, 0.05) is 31.9 Å². The van der Waals surface area contributed by atoms with Crippen LogP contribution in [0.4, 0.5) is 15.0 Å². The van der Waals surface area contributed by atoms with Crippen LogP contribution in [0.5, 0.6) is 0 Å². The van der Waals surface area contributed by atoms with E-state index in [2.05, 4.69) is 30.5 Å². The van der Waals surface area contributed by atoms with Crippen molar-refractivity contribution in [1.29, 1.82) is 0 Å². The summed E-state index contributed by atoms with van der Waals surface area (Å²) >= 11 is 0. The molecule has 1 aliphatic rings. The van der Waals surface area contributed by atoms with Gasteiger partial charge in [0.05, 0.1) is 5.39 Å². The third-order valence-electron chi connectivity index (χ3n) is 4.83. The fraction of sp³-hybridized carbons (Fsp3) is 0.316. The predicted molar refractivity (Wildman–Crippen MR) is 101 cm³/mol. The number of piperidine rings is 1. The molecule has 8 heteroatoms. The van der Waals surface area contributed by atoms with Crippen molar-refractivity contribution in [2.24, 2.45) is 0 Å². The zero-order valence-electron chi connectivity index (χ0n) is 14.8. The number of hydrogen-bond donors (Lipinski definition) is 3. The highest BCUT2D eigenvalue weighted by Gasteiger charge is 2.23. The Labute approximate surface area is 156 Å². The molecular formula is C19H21FN6O. The Morgan fingerprint density at radius 1 is 1.19 bits per heavy atom. The lowest BCUT2D eigenvalue weighted by molar-refractivity contribution is 0.234. The maximum absolute atomic E-state index is 12.9. The third kappa shape index (κ3) is 3.99. The van der Waals surface area contributed by atoms with Gasteiger partial charge < -0.3 is 20.5 Å². The van der Waals surface area contributed by atoms with Crippen LogP contribution in [-0.4, -0.2) is 40.1 Å². The number of rotatable bonds is 4. The number of carbonyl (C=O) groups excluding carboxylic acids is 1. The van der Waals surface area contributed by atoms with Gasteiger partial charge in [-0.1, -0.05) is 12.1 Å². The second-order valence-corrected chi connectivity index (χ2v) is 6.65. The molecule has 2 amide bonds. The molecule has 0 atom stereocenters. The monoisotopic (exact) mass is 368 g/mol. The number of carbonyl (C=O) groups is 1. The van der Waals surface area contributed by atoms with Crippen molar-refractivity contribution >= 4 is 22.9 Å².